The molecule has 2 heterocycles. The fourth-order valence-electron chi connectivity index (χ4n) is 4.28. The Labute approximate surface area is 191 Å². The van der Waals surface area contributed by atoms with E-state index in [0.29, 0.717) is 0 Å². The number of benzene rings is 1. The molecule has 5 heteroatoms. The lowest BCUT2D eigenvalue weighted by molar-refractivity contribution is 1.13. The Morgan fingerprint density at radius 3 is 2.00 bits per heavy atom. The first-order valence-corrected chi connectivity index (χ1v) is 12.6. The third-order valence-electron chi connectivity index (χ3n) is 5.75. The van der Waals surface area contributed by atoms with E-state index in [4.69, 9.17) is 4.98 Å². The van der Waals surface area contributed by atoms with Gasteiger partial charge in [0, 0.05) is 58.3 Å². The van der Waals surface area contributed by atoms with E-state index in [1.165, 1.54) is 37.7 Å². The Balaban J connectivity index is 1.87. The summed E-state index contributed by atoms with van der Waals surface area (Å²) in [4.78, 5) is 14.1. The van der Waals surface area contributed by atoms with Gasteiger partial charge in [0.05, 0.1) is 11.0 Å². The fraction of sp³-hybridized carbons (Fsp3) is 0.154. The van der Waals surface area contributed by atoms with Crippen molar-refractivity contribution in [2.24, 2.45) is 0 Å². The lowest BCUT2D eigenvalue weighted by atomic mass is 10.0. The van der Waals surface area contributed by atoms with E-state index in [2.05, 4.69) is 85.0 Å². The molecule has 3 aromatic rings. The zero-order valence-electron chi connectivity index (χ0n) is 18.0. The maximum absolute atomic E-state index is 4.72. The molecule has 0 amide bonds. The van der Waals surface area contributed by atoms with Crippen LogP contribution in [0.3, 0.4) is 0 Å². The number of hydrogen-bond acceptors (Lipinski definition) is 5. The minimum absolute atomic E-state index is 0.955. The zero-order chi connectivity index (χ0) is 21.5. The van der Waals surface area contributed by atoms with Crippen molar-refractivity contribution in [2.75, 3.05) is 31.5 Å². The molecule has 0 spiro atoms. The summed E-state index contributed by atoms with van der Waals surface area (Å²) in [5.74, 6) is 0. The molecule has 0 aliphatic heterocycles. The summed E-state index contributed by atoms with van der Waals surface area (Å²) in [7, 11) is 4.16. The van der Waals surface area contributed by atoms with Crippen LogP contribution >= 0.6 is 23.5 Å². The summed E-state index contributed by atoms with van der Waals surface area (Å²) < 4.78 is 0. The summed E-state index contributed by atoms with van der Waals surface area (Å²) in [5, 5.41) is 2.26. The van der Waals surface area contributed by atoms with Gasteiger partial charge in [0.2, 0.25) is 0 Å². The average Bonchev–Trinajstić information content (AvgIpc) is 2.93. The van der Waals surface area contributed by atoms with Crippen molar-refractivity contribution in [2.45, 2.75) is 9.79 Å². The number of nitrogens with zero attached hydrogens (tertiary/aromatic N) is 3. The molecule has 31 heavy (non-hydrogen) atoms. The highest BCUT2D eigenvalue weighted by Gasteiger charge is 2.24. The maximum atomic E-state index is 4.72. The van der Waals surface area contributed by atoms with Crippen LogP contribution in [0.4, 0.5) is 5.69 Å². The predicted octanol–water partition coefficient (Wildman–Crippen LogP) is 7.06. The van der Waals surface area contributed by atoms with Crippen molar-refractivity contribution < 1.29 is 0 Å². The summed E-state index contributed by atoms with van der Waals surface area (Å²) in [6.07, 6.45) is 8.10. The van der Waals surface area contributed by atoms with Gasteiger partial charge in [0.1, 0.15) is 0 Å². The van der Waals surface area contributed by atoms with Crippen molar-refractivity contribution >= 4 is 51.0 Å². The van der Waals surface area contributed by atoms with Crippen molar-refractivity contribution in [3.63, 3.8) is 0 Å². The molecule has 0 N–H and O–H groups in total. The third kappa shape index (κ3) is 3.24. The molecule has 0 saturated heterocycles. The van der Waals surface area contributed by atoms with Crippen molar-refractivity contribution in [1.82, 2.24) is 9.97 Å². The van der Waals surface area contributed by atoms with Crippen molar-refractivity contribution in [3.8, 4) is 22.3 Å². The van der Waals surface area contributed by atoms with Gasteiger partial charge in [-0.05, 0) is 53.5 Å². The zero-order valence-corrected chi connectivity index (χ0v) is 19.6. The lowest BCUT2D eigenvalue weighted by Gasteiger charge is -2.11. The fourth-order valence-corrected chi connectivity index (χ4v) is 5.97. The molecule has 0 unspecified atom stereocenters. The molecule has 1 aromatic carbocycles. The molecular weight excluding hydrogens is 418 g/mol. The Morgan fingerprint density at radius 1 is 0.677 bits per heavy atom. The van der Waals surface area contributed by atoms with Gasteiger partial charge >= 0.3 is 0 Å². The smallest absolute Gasteiger partial charge is 0.0970 e. The van der Waals surface area contributed by atoms with Crippen LogP contribution in [0.5, 0.6) is 0 Å². The normalized spacial score (nSPS) is 11.5. The van der Waals surface area contributed by atoms with Gasteiger partial charge in [0.25, 0.3) is 0 Å². The molecule has 0 bridgehead atoms. The van der Waals surface area contributed by atoms with Crippen LogP contribution in [-0.2, 0) is 0 Å². The average molecular weight is 442 g/mol. The van der Waals surface area contributed by atoms with Crippen LogP contribution in [0.15, 0.2) is 76.8 Å². The molecule has 154 valence electrons. The van der Waals surface area contributed by atoms with Gasteiger partial charge in [-0.3, -0.25) is 9.97 Å². The van der Waals surface area contributed by atoms with Gasteiger partial charge < -0.3 is 4.90 Å². The molecule has 0 atom stereocenters. The first kappa shape index (κ1) is 20.2. The second kappa shape index (κ2) is 8.06. The van der Waals surface area contributed by atoms with Crippen LogP contribution in [0.1, 0.15) is 0 Å². The van der Waals surface area contributed by atoms with Crippen LogP contribution in [0.25, 0.3) is 44.1 Å². The van der Waals surface area contributed by atoms with Gasteiger partial charge in [-0.25, -0.2) is 0 Å². The number of pyridine rings is 2. The summed E-state index contributed by atoms with van der Waals surface area (Å²) in [6.45, 7) is 0. The van der Waals surface area contributed by atoms with Gasteiger partial charge in [-0.15, -0.1) is 23.5 Å². The SMILES string of the molecule is CSc1c2ccc(N(C)C)ccc-2c(SC)c1-c1ccnc2c1ccc1cccnc12. The molecule has 5 rings (SSSR count). The van der Waals surface area contributed by atoms with E-state index >= 15 is 0 Å². The molecule has 0 saturated carbocycles. The molecule has 0 fully saturated rings. The number of fused-ring (bicyclic) bond motifs is 4. The quantitative estimate of drug-likeness (QED) is 0.220. The monoisotopic (exact) mass is 441 g/mol. The van der Waals surface area contributed by atoms with E-state index in [1.54, 1.807) is 0 Å². The highest BCUT2D eigenvalue weighted by molar-refractivity contribution is 8.00. The van der Waals surface area contributed by atoms with Crippen LogP contribution in [0, 0.1) is 0 Å². The molecular formula is C26H23N3S2. The predicted molar refractivity (Wildman–Crippen MR) is 137 cm³/mol. The standard InChI is InChI=1S/C26H23N3S2/c1-29(2)17-8-11-20-21(12-9-17)26(31-4)22(25(20)30-3)18-13-15-28-24-19(18)10-7-16-6-5-14-27-23(16)24/h5-15H,1-4H3. The molecule has 2 aliphatic carbocycles. The topological polar surface area (TPSA) is 29.0 Å². The first-order valence-electron chi connectivity index (χ1n) is 10.1. The number of thioether (sulfide) groups is 2. The minimum atomic E-state index is 0.955. The van der Waals surface area contributed by atoms with Gasteiger partial charge in [-0.2, -0.15) is 0 Å². The maximum Gasteiger partial charge on any atom is 0.0970 e. The van der Waals surface area contributed by atoms with Gasteiger partial charge in [-0.1, -0.05) is 30.3 Å². The van der Waals surface area contributed by atoms with E-state index in [0.717, 1.165) is 21.8 Å². The van der Waals surface area contributed by atoms with Crippen LogP contribution in [-0.4, -0.2) is 36.6 Å². The lowest BCUT2D eigenvalue weighted by Crippen LogP contribution is -2.07. The second-order valence-electron chi connectivity index (χ2n) is 7.65. The van der Waals surface area contributed by atoms with Crippen molar-refractivity contribution in [3.05, 3.63) is 67.0 Å². The Hall–Kier alpha value is -2.76. The largest absolute Gasteiger partial charge is 0.378 e. The number of rotatable bonds is 4. The molecule has 0 radical (unpaired) electrons. The second-order valence-corrected chi connectivity index (χ2v) is 9.28. The number of aromatic nitrogens is 2. The highest BCUT2D eigenvalue weighted by Crippen LogP contribution is 2.52. The third-order valence-corrected chi connectivity index (χ3v) is 7.42. The Morgan fingerprint density at radius 2 is 1.35 bits per heavy atom. The van der Waals surface area contributed by atoms with Gasteiger partial charge in [0.15, 0.2) is 0 Å². The minimum Gasteiger partial charge on any atom is -0.378 e. The van der Waals surface area contributed by atoms with E-state index < -0.39 is 0 Å². The Bertz CT molecular complexity index is 1350. The highest BCUT2D eigenvalue weighted by atomic mass is 32.2. The van der Waals surface area contributed by atoms with E-state index in [-0.39, 0.29) is 0 Å². The Kier molecular flexibility index (Phi) is 5.24. The van der Waals surface area contributed by atoms with E-state index in [9.17, 15) is 0 Å². The van der Waals surface area contributed by atoms with Crippen LogP contribution in [0.2, 0.25) is 0 Å². The summed E-state index contributed by atoms with van der Waals surface area (Å²) in [6, 6.07) is 19.5. The molecule has 3 nitrogen and oxygen atoms in total. The summed E-state index contributed by atoms with van der Waals surface area (Å²) >= 11 is 3.63. The number of anilines is 1. The summed E-state index contributed by atoms with van der Waals surface area (Å²) in [5.41, 5.74) is 8.22. The van der Waals surface area contributed by atoms with E-state index in [1.807, 2.05) is 42.0 Å². The molecule has 2 aliphatic rings. The number of hydrogen-bond donors (Lipinski definition) is 0. The van der Waals surface area contributed by atoms with Crippen molar-refractivity contribution in [1.29, 1.82) is 0 Å². The van der Waals surface area contributed by atoms with Crippen LogP contribution < -0.4 is 4.90 Å². The first-order chi connectivity index (χ1) is 15.1. The molecule has 2 aromatic heterocycles.